The highest BCUT2D eigenvalue weighted by Crippen LogP contribution is 2.17. The first-order valence-electron chi connectivity index (χ1n) is 5.50. The number of anilines is 1. The fourth-order valence-electron chi connectivity index (χ4n) is 1.48. The Hall–Kier alpha value is -1.62. The van der Waals surface area contributed by atoms with Crippen molar-refractivity contribution in [2.75, 3.05) is 19.0 Å². The molecule has 0 aliphatic heterocycles. The number of methoxy groups -OCH3 is 1. The Balaban J connectivity index is 2.81. The van der Waals surface area contributed by atoms with Gasteiger partial charge in [-0.1, -0.05) is 0 Å². The van der Waals surface area contributed by atoms with Gasteiger partial charge in [-0.2, -0.15) is 0 Å². The summed E-state index contributed by atoms with van der Waals surface area (Å²) in [5.41, 5.74) is 1.59. The molecule has 2 N–H and O–H groups in total. The predicted octanol–water partition coefficient (Wildman–Crippen LogP) is 1.93. The van der Waals surface area contributed by atoms with Gasteiger partial charge in [0.2, 0.25) is 0 Å². The first-order chi connectivity index (χ1) is 8.04. The fourth-order valence-corrected chi connectivity index (χ4v) is 1.48. The molecule has 5 heteroatoms. The van der Waals surface area contributed by atoms with Crippen molar-refractivity contribution in [1.29, 1.82) is 0 Å². The van der Waals surface area contributed by atoms with Crippen molar-refractivity contribution < 1.29 is 14.6 Å². The molecule has 1 rings (SSSR count). The highest BCUT2D eigenvalue weighted by Gasteiger charge is 2.12. The third kappa shape index (κ3) is 4.03. The second-order valence-electron chi connectivity index (χ2n) is 4.00. The lowest BCUT2D eigenvalue weighted by Crippen LogP contribution is -2.19. The maximum atomic E-state index is 11.0. The van der Waals surface area contributed by atoms with Crippen LogP contribution in [0.4, 0.5) is 5.69 Å². The summed E-state index contributed by atoms with van der Waals surface area (Å²) in [5.74, 6) is -0.973. The Labute approximate surface area is 101 Å². The van der Waals surface area contributed by atoms with Gasteiger partial charge in [-0.05, 0) is 26.3 Å². The lowest BCUT2D eigenvalue weighted by atomic mass is 10.1. The highest BCUT2D eigenvalue weighted by atomic mass is 16.5. The average Bonchev–Trinajstić information content (AvgIpc) is 2.26. The van der Waals surface area contributed by atoms with Crippen molar-refractivity contribution in [2.24, 2.45) is 0 Å². The van der Waals surface area contributed by atoms with Crippen LogP contribution in [0.2, 0.25) is 0 Å². The molecule has 1 unspecified atom stereocenters. The maximum absolute atomic E-state index is 11.0. The number of hydrogen-bond donors (Lipinski definition) is 2. The number of nitrogens with one attached hydrogen (secondary N) is 1. The van der Waals surface area contributed by atoms with Crippen LogP contribution in [-0.2, 0) is 4.74 Å². The van der Waals surface area contributed by atoms with Gasteiger partial charge in [-0.15, -0.1) is 0 Å². The third-order valence-corrected chi connectivity index (χ3v) is 2.43. The fraction of sp³-hybridized carbons (Fsp3) is 0.500. The number of pyridine rings is 1. The molecule has 0 aromatic carbocycles. The van der Waals surface area contributed by atoms with E-state index in [0.29, 0.717) is 12.3 Å². The van der Waals surface area contributed by atoms with E-state index in [4.69, 9.17) is 9.84 Å². The standard InChI is InChI=1S/C12H18N2O3/c1-8(4-5-17-3)14-11-6-9(2)13-7-10(11)12(15)16/h6-8H,4-5H2,1-3H3,(H,13,14)(H,15,16). The van der Waals surface area contributed by atoms with Crippen LogP contribution in [0.25, 0.3) is 0 Å². The molecule has 1 aromatic rings. The highest BCUT2D eigenvalue weighted by molar-refractivity contribution is 5.93. The molecule has 1 atom stereocenters. The SMILES string of the molecule is COCCC(C)Nc1cc(C)ncc1C(=O)O. The van der Waals surface area contributed by atoms with E-state index in [1.807, 2.05) is 13.8 Å². The van der Waals surface area contributed by atoms with Crippen molar-refractivity contribution >= 4 is 11.7 Å². The molecular formula is C12H18N2O3. The van der Waals surface area contributed by atoms with Crippen molar-refractivity contribution in [2.45, 2.75) is 26.3 Å². The molecular weight excluding hydrogens is 220 g/mol. The molecule has 0 amide bonds. The summed E-state index contributed by atoms with van der Waals surface area (Å²) in [5, 5.41) is 12.2. The lowest BCUT2D eigenvalue weighted by Gasteiger charge is -2.16. The van der Waals surface area contributed by atoms with E-state index < -0.39 is 5.97 Å². The van der Waals surface area contributed by atoms with Gasteiger partial charge in [0, 0.05) is 31.6 Å². The number of carbonyl (C=O) groups is 1. The van der Waals surface area contributed by atoms with Crippen LogP contribution in [0.5, 0.6) is 0 Å². The summed E-state index contributed by atoms with van der Waals surface area (Å²) in [4.78, 5) is 15.0. The Bertz CT molecular complexity index is 393. The molecule has 0 radical (unpaired) electrons. The number of aryl methyl sites for hydroxylation is 1. The van der Waals surface area contributed by atoms with Crippen LogP contribution in [0.3, 0.4) is 0 Å². The summed E-state index contributed by atoms with van der Waals surface area (Å²) in [6, 6.07) is 1.89. The summed E-state index contributed by atoms with van der Waals surface area (Å²) in [7, 11) is 1.64. The number of carboxylic acid groups (broad SMARTS) is 1. The van der Waals surface area contributed by atoms with E-state index in [-0.39, 0.29) is 11.6 Å². The van der Waals surface area contributed by atoms with E-state index in [1.165, 1.54) is 6.20 Å². The van der Waals surface area contributed by atoms with E-state index in [9.17, 15) is 4.79 Å². The largest absolute Gasteiger partial charge is 0.478 e. The van der Waals surface area contributed by atoms with E-state index in [2.05, 4.69) is 10.3 Å². The minimum atomic E-state index is -0.973. The number of rotatable bonds is 6. The molecule has 0 saturated heterocycles. The van der Waals surface area contributed by atoms with Gasteiger partial charge >= 0.3 is 5.97 Å². The normalized spacial score (nSPS) is 12.2. The van der Waals surface area contributed by atoms with E-state index in [0.717, 1.165) is 12.1 Å². The van der Waals surface area contributed by atoms with Crippen molar-refractivity contribution in [3.05, 3.63) is 23.5 Å². The molecule has 0 aliphatic carbocycles. The first kappa shape index (κ1) is 13.4. The molecule has 0 bridgehead atoms. The number of hydrogen-bond acceptors (Lipinski definition) is 4. The first-order valence-corrected chi connectivity index (χ1v) is 5.50. The number of nitrogens with zero attached hydrogens (tertiary/aromatic N) is 1. The van der Waals surface area contributed by atoms with Gasteiger partial charge in [0.05, 0.1) is 5.69 Å². The van der Waals surface area contributed by atoms with Crippen LogP contribution in [0.15, 0.2) is 12.3 Å². The van der Waals surface area contributed by atoms with Crippen LogP contribution < -0.4 is 5.32 Å². The van der Waals surface area contributed by atoms with Crippen molar-refractivity contribution in [3.63, 3.8) is 0 Å². The Kier molecular flexibility index (Phi) is 4.90. The second-order valence-corrected chi connectivity index (χ2v) is 4.00. The Morgan fingerprint density at radius 3 is 2.94 bits per heavy atom. The smallest absolute Gasteiger partial charge is 0.339 e. The van der Waals surface area contributed by atoms with Gasteiger partial charge in [0.25, 0.3) is 0 Å². The zero-order valence-corrected chi connectivity index (χ0v) is 10.4. The molecule has 0 fully saturated rings. The molecule has 0 saturated carbocycles. The van der Waals surface area contributed by atoms with Gasteiger partial charge in [0.15, 0.2) is 0 Å². The molecule has 94 valence electrons. The maximum Gasteiger partial charge on any atom is 0.339 e. The van der Waals surface area contributed by atoms with Crippen molar-refractivity contribution in [3.8, 4) is 0 Å². The Morgan fingerprint density at radius 1 is 1.65 bits per heavy atom. The van der Waals surface area contributed by atoms with E-state index in [1.54, 1.807) is 13.2 Å². The molecule has 0 aliphatic rings. The number of ether oxygens (including phenoxy) is 1. The third-order valence-electron chi connectivity index (χ3n) is 2.43. The minimum Gasteiger partial charge on any atom is -0.478 e. The topological polar surface area (TPSA) is 71.5 Å². The Morgan fingerprint density at radius 2 is 2.35 bits per heavy atom. The van der Waals surface area contributed by atoms with Gasteiger partial charge in [0.1, 0.15) is 5.56 Å². The molecule has 1 aromatic heterocycles. The quantitative estimate of drug-likeness (QED) is 0.792. The second kappa shape index (κ2) is 6.20. The van der Waals surface area contributed by atoms with E-state index >= 15 is 0 Å². The van der Waals surface area contributed by atoms with Crippen LogP contribution in [0.1, 0.15) is 29.4 Å². The predicted molar refractivity (Wildman–Crippen MR) is 65.5 cm³/mol. The van der Waals surface area contributed by atoms with Crippen molar-refractivity contribution in [1.82, 2.24) is 4.98 Å². The number of aromatic nitrogens is 1. The summed E-state index contributed by atoms with van der Waals surface area (Å²) >= 11 is 0. The summed E-state index contributed by atoms with van der Waals surface area (Å²) in [6.07, 6.45) is 2.19. The van der Waals surface area contributed by atoms with Gasteiger partial charge < -0.3 is 15.2 Å². The molecule has 5 nitrogen and oxygen atoms in total. The molecule has 1 heterocycles. The van der Waals surface area contributed by atoms with Crippen LogP contribution >= 0.6 is 0 Å². The van der Waals surface area contributed by atoms with Gasteiger partial charge in [-0.25, -0.2) is 4.79 Å². The monoisotopic (exact) mass is 238 g/mol. The van der Waals surface area contributed by atoms with Gasteiger partial charge in [-0.3, -0.25) is 4.98 Å². The minimum absolute atomic E-state index is 0.148. The average molecular weight is 238 g/mol. The number of carboxylic acids is 1. The van der Waals surface area contributed by atoms with Crippen LogP contribution in [-0.4, -0.2) is 35.8 Å². The van der Waals surface area contributed by atoms with Crippen LogP contribution in [0, 0.1) is 6.92 Å². The lowest BCUT2D eigenvalue weighted by molar-refractivity contribution is 0.0697. The zero-order chi connectivity index (χ0) is 12.8. The molecule has 17 heavy (non-hydrogen) atoms. The molecule has 0 spiro atoms. The zero-order valence-electron chi connectivity index (χ0n) is 10.4. The summed E-state index contributed by atoms with van der Waals surface area (Å²) in [6.45, 7) is 4.46. The number of aromatic carboxylic acids is 1. The summed E-state index contributed by atoms with van der Waals surface area (Å²) < 4.78 is 4.98.